The maximum atomic E-state index is 13.0. The van der Waals surface area contributed by atoms with E-state index in [1.165, 1.54) is 33.3 Å². The monoisotopic (exact) mass is 381 g/mol. The third-order valence-electron chi connectivity index (χ3n) is 4.50. The normalized spacial score (nSPS) is 16.0. The SMILES string of the molecule is CCn1cc(S(=O)(=O)N2CCN(c3ccc(F)cc3)CC2)cc1C(=O)O. The number of aromatic nitrogens is 1. The van der Waals surface area contributed by atoms with Gasteiger partial charge in [0.1, 0.15) is 16.4 Å². The van der Waals surface area contributed by atoms with Gasteiger partial charge in [0.25, 0.3) is 0 Å². The summed E-state index contributed by atoms with van der Waals surface area (Å²) in [5.74, 6) is -1.47. The standard InChI is InChI=1S/C17H20FN3O4S/c1-2-19-12-15(11-16(19)17(22)23)26(24,25)21-9-7-20(8-10-21)14-5-3-13(18)4-6-14/h3-6,11-12H,2,7-10H2,1H3,(H,22,23). The Hall–Kier alpha value is -2.39. The summed E-state index contributed by atoms with van der Waals surface area (Å²) in [6.07, 6.45) is 1.37. The van der Waals surface area contributed by atoms with E-state index in [2.05, 4.69) is 0 Å². The molecule has 9 heteroatoms. The zero-order chi connectivity index (χ0) is 18.9. The van der Waals surface area contributed by atoms with Crippen LogP contribution in [0, 0.1) is 5.82 Å². The smallest absolute Gasteiger partial charge is 0.352 e. The lowest BCUT2D eigenvalue weighted by Gasteiger charge is -2.35. The maximum Gasteiger partial charge on any atom is 0.352 e. The molecule has 2 heterocycles. The van der Waals surface area contributed by atoms with Gasteiger partial charge in [-0.2, -0.15) is 4.31 Å². The van der Waals surface area contributed by atoms with Gasteiger partial charge in [-0.3, -0.25) is 0 Å². The molecule has 1 fully saturated rings. The molecule has 1 N–H and O–H groups in total. The number of rotatable bonds is 5. The van der Waals surface area contributed by atoms with Gasteiger partial charge in [-0.25, -0.2) is 17.6 Å². The molecule has 1 saturated heterocycles. The molecule has 0 spiro atoms. The van der Waals surface area contributed by atoms with Crippen molar-refractivity contribution in [3.05, 3.63) is 48.0 Å². The first-order valence-electron chi connectivity index (χ1n) is 8.27. The third kappa shape index (κ3) is 3.45. The molecular formula is C17H20FN3O4S. The first-order valence-corrected chi connectivity index (χ1v) is 9.71. The highest BCUT2D eigenvalue weighted by molar-refractivity contribution is 7.89. The molecule has 0 radical (unpaired) electrons. The largest absolute Gasteiger partial charge is 0.477 e. The molecular weight excluding hydrogens is 361 g/mol. The number of aromatic carboxylic acids is 1. The Kier molecular flexibility index (Phi) is 5.01. The summed E-state index contributed by atoms with van der Waals surface area (Å²) in [5, 5.41) is 9.20. The quantitative estimate of drug-likeness (QED) is 0.855. The fraction of sp³-hybridized carbons (Fsp3) is 0.353. The van der Waals surface area contributed by atoms with Crippen molar-refractivity contribution in [1.29, 1.82) is 0 Å². The zero-order valence-corrected chi connectivity index (χ0v) is 15.1. The number of carboxylic acids is 1. The van der Waals surface area contributed by atoms with Gasteiger partial charge in [-0.05, 0) is 37.3 Å². The topological polar surface area (TPSA) is 82.9 Å². The molecule has 0 unspecified atom stereocenters. The summed E-state index contributed by atoms with van der Waals surface area (Å²) < 4.78 is 41.5. The van der Waals surface area contributed by atoms with Crippen molar-refractivity contribution < 1.29 is 22.7 Å². The Morgan fingerprint density at radius 3 is 2.27 bits per heavy atom. The van der Waals surface area contributed by atoms with Crippen molar-refractivity contribution >= 4 is 21.7 Å². The van der Waals surface area contributed by atoms with Gasteiger partial charge >= 0.3 is 5.97 Å². The predicted molar refractivity (Wildman–Crippen MR) is 94.4 cm³/mol. The highest BCUT2D eigenvalue weighted by Gasteiger charge is 2.30. The van der Waals surface area contributed by atoms with E-state index in [0.717, 1.165) is 5.69 Å². The Bertz CT molecular complexity index is 901. The molecule has 1 aliphatic heterocycles. The van der Waals surface area contributed by atoms with Crippen LogP contribution in [0.2, 0.25) is 0 Å². The van der Waals surface area contributed by atoms with Crippen molar-refractivity contribution in [2.24, 2.45) is 0 Å². The molecule has 0 atom stereocenters. The number of halogens is 1. The number of nitrogens with zero attached hydrogens (tertiary/aromatic N) is 3. The number of hydrogen-bond donors (Lipinski definition) is 1. The minimum absolute atomic E-state index is 0.00742. The molecule has 7 nitrogen and oxygen atoms in total. The summed E-state index contributed by atoms with van der Waals surface area (Å²) in [6.45, 7) is 3.63. The average Bonchev–Trinajstić information content (AvgIpc) is 3.08. The van der Waals surface area contributed by atoms with E-state index in [-0.39, 0.29) is 29.5 Å². The molecule has 1 aromatic carbocycles. The van der Waals surface area contributed by atoms with Crippen LogP contribution >= 0.6 is 0 Å². The van der Waals surface area contributed by atoms with Crippen molar-refractivity contribution in [1.82, 2.24) is 8.87 Å². The number of anilines is 1. The van der Waals surface area contributed by atoms with Crippen LogP contribution in [0.5, 0.6) is 0 Å². The zero-order valence-electron chi connectivity index (χ0n) is 14.3. The molecule has 1 aliphatic rings. The van der Waals surface area contributed by atoms with E-state index in [1.807, 2.05) is 4.90 Å². The molecule has 26 heavy (non-hydrogen) atoms. The summed E-state index contributed by atoms with van der Waals surface area (Å²) >= 11 is 0. The minimum atomic E-state index is -3.76. The van der Waals surface area contributed by atoms with Crippen LogP contribution < -0.4 is 4.90 Å². The fourth-order valence-corrected chi connectivity index (χ4v) is 4.52. The second kappa shape index (κ2) is 7.08. The van der Waals surface area contributed by atoms with Gasteiger partial charge in [0.15, 0.2) is 0 Å². The van der Waals surface area contributed by atoms with Gasteiger partial charge in [0.2, 0.25) is 10.0 Å². The summed E-state index contributed by atoms with van der Waals surface area (Å²) in [4.78, 5) is 13.2. The van der Waals surface area contributed by atoms with Crippen LogP contribution in [0.25, 0.3) is 0 Å². The Labute approximate surface area is 151 Å². The number of carbonyl (C=O) groups is 1. The lowest BCUT2D eigenvalue weighted by molar-refractivity contribution is 0.0685. The van der Waals surface area contributed by atoms with Gasteiger partial charge in [-0.15, -0.1) is 0 Å². The number of sulfonamides is 1. The molecule has 0 bridgehead atoms. The predicted octanol–water partition coefficient (Wildman–Crippen LogP) is 1.86. The van der Waals surface area contributed by atoms with E-state index >= 15 is 0 Å². The van der Waals surface area contributed by atoms with Crippen molar-refractivity contribution in [3.63, 3.8) is 0 Å². The second-order valence-electron chi connectivity index (χ2n) is 6.02. The molecule has 3 rings (SSSR count). The number of benzene rings is 1. The fourth-order valence-electron chi connectivity index (χ4n) is 3.05. The summed E-state index contributed by atoms with van der Waals surface area (Å²) in [6, 6.07) is 7.28. The molecule has 0 amide bonds. The highest BCUT2D eigenvalue weighted by atomic mass is 32.2. The molecule has 140 valence electrons. The van der Waals surface area contributed by atoms with Gasteiger partial charge in [0.05, 0.1) is 0 Å². The number of hydrogen-bond acceptors (Lipinski definition) is 4. The van der Waals surface area contributed by atoms with Crippen LogP contribution in [0.4, 0.5) is 10.1 Å². The lowest BCUT2D eigenvalue weighted by atomic mass is 10.2. The average molecular weight is 381 g/mol. The molecule has 0 saturated carbocycles. The Morgan fingerprint density at radius 1 is 1.15 bits per heavy atom. The molecule has 1 aromatic heterocycles. The van der Waals surface area contributed by atoms with Gasteiger partial charge in [-0.1, -0.05) is 0 Å². The highest BCUT2D eigenvalue weighted by Crippen LogP contribution is 2.23. The third-order valence-corrected chi connectivity index (χ3v) is 6.36. The Morgan fingerprint density at radius 2 is 1.77 bits per heavy atom. The van der Waals surface area contributed by atoms with Crippen LogP contribution in [0.3, 0.4) is 0 Å². The molecule has 0 aliphatic carbocycles. The number of piperazine rings is 1. The van der Waals surface area contributed by atoms with Crippen molar-refractivity contribution in [2.45, 2.75) is 18.4 Å². The number of carboxylic acid groups (broad SMARTS) is 1. The van der Waals surface area contributed by atoms with Crippen LogP contribution in [0.15, 0.2) is 41.4 Å². The van der Waals surface area contributed by atoms with Crippen LogP contribution in [-0.4, -0.2) is 54.5 Å². The van der Waals surface area contributed by atoms with E-state index in [9.17, 15) is 22.7 Å². The van der Waals surface area contributed by atoms with Crippen LogP contribution in [-0.2, 0) is 16.6 Å². The van der Waals surface area contributed by atoms with Crippen molar-refractivity contribution in [2.75, 3.05) is 31.1 Å². The van der Waals surface area contributed by atoms with Gasteiger partial charge < -0.3 is 14.6 Å². The molecule has 2 aromatic rings. The first-order chi connectivity index (χ1) is 12.3. The van der Waals surface area contributed by atoms with E-state index < -0.39 is 16.0 Å². The van der Waals surface area contributed by atoms with E-state index in [1.54, 1.807) is 19.1 Å². The lowest BCUT2D eigenvalue weighted by Crippen LogP contribution is -2.48. The van der Waals surface area contributed by atoms with Gasteiger partial charge in [0, 0.05) is 44.6 Å². The first kappa shape index (κ1) is 18.4. The summed E-state index contributed by atoms with van der Waals surface area (Å²) in [5.41, 5.74) is 0.796. The van der Waals surface area contributed by atoms with Crippen molar-refractivity contribution in [3.8, 4) is 0 Å². The Balaban J connectivity index is 1.76. The maximum absolute atomic E-state index is 13.0. The van der Waals surface area contributed by atoms with E-state index in [0.29, 0.717) is 19.6 Å². The number of aryl methyl sites for hydroxylation is 1. The van der Waals surface area contributed by atoms with Crippen LogP contribution in [0.1, 0.15) is 17.4 Å². The second-order valence-corrected chi connectivity index (χ2v) is 7.96. The summed E-state index contributed by atoms with van der Waals surface area (Å²) in [7, 11) is -3.76. The van der Waals surface area contributed by atoms with E-state index in [4.69, 9.17) is 0 Å². The minimum Gasteiger partial charge on any atom is -0.477 e.